The molecular weight excluding hydrogens is 156 g/mol. The Hall–Kier alpha value is -0.260. The minimum atomic E-state index is 0.726. The summed E-state index contributed by atoms with van der Waals surface area (Å²) < 4.78 is 0. The van der Waals surface area contributed by atoms with E-state index in [-0.39, 0.29) is 0 Å². The Morgan fingerprint density at radius 3 is 2.38 bits per heavy atom. The summed E-state index contributed by atoms with van der Waals surface area (Å²) in [5, 5.41) is 0. The van der Waals surface area contributed by atoms with Crippen molar-refractivity contribution in [3.8, 4) is 0 Å². The van der Waals surface area contributed by atoms with Crippen LogP contribution < -0.4 is 0 Å². The third-order valence-electron chi connectivity index (χ3n) is 4.92. The first-order valence-corrected chi connectivity index (χ1v) is 5.96. The standard InChI is InChI=1S/C13H20/c1-13(6-2-3-7-13)12-9-10-4-5-11(12)8-10/h4-5,10-12H,2-3,6-9H2,1H3. The molecule has 0 heterocycles. The highest BCUT2D eigenvalue weighted by Gasteiger charge is 2.46. The van der Waals surface area contributed by atoms with Crippen LogP contribution in [0, 0.1) is 23.2 Å². The molecule has 2 bridgehead atoms. The van der Waals surface area contributed by atoms with Crippen LogP contribution in [0.3, 0.4) is 0 Å². The largest absolute Gasteiger partial charge is 0.0851 e. The Labute approximate surface area is 81.4 Å². The van der Waals surface area contributed by atoms with Crippen molar-refractivity contribution in [3.63, 3.8) is 0 Å². The van der Waals surface area contributed by atoms with Crippen LogP contribution in [0.4, 0.5) is 0 Å². The van der Waals surface area contributed by atoms with E-state index in [0.717, 1.165) is 23.2 Å². The van der Waals surface area contributed by atoms with E-state index >= 15 is 0 Å². The molecule has 2 saturated carbocycles. The molecule has 0 aromatic carbocycles. The van der Waals surface area contributed by atoms with Gasteiger partial charge in [0.1, 0.15) is 0 Å². The lowest BCUT2D eigenvalue weighted by Crippen LogP contribution is -2.27. The van der Waals surface area contributed by atoms with Crippen LogP contribution in [0.5, 0.6) is 0 Å². The quantitative estimate of drug-likeness (QED) is 0.533. The molecule has 0 heteroatoms. The molecule has 3 aliphatic rings. The maximum Gasteiger partial charge on any atom is -0.0194 e. The highest BCUT2D eigenvalue weighted by Crippen LogP contribution is 2.56. The molecule has 3 aliphatic carbocycles. The van der Waals surface area contributed by atoms with Crippen LogP contribution in [0.25, 0.3) is 0 Å². The van der Waals surface area contributed by atoms with E-state index in [0.29, 0.717) is 0 Å². The van der Waals surface area contributed by atoms with Crippen molar-refractivity contribution in [1.29, 1.82) is 0 Å². The van der Waals surface area contributed by atoms with Gasteiger partial charge >= 0.3 is 0 Å². The first-order valence-electron chi connectivity index (χ1n) is 5.96. The predicted molar refractivity (Wildman–Crippen MR) is 55.4 cm³/mol. The van der Waals surface area contributed by atoms with Gasteiger partial charge in [0.15, 0.2) is 0 Å². The van der Waals surface area contributed by atoms with Crippen molar-refractivity contribution < 1.29 is 0 Å². The second kappa shape index (κ2) is 2.62. The minimum absolute atomic E-state index is 0.726. The molecule has 2 fully saturated rings. The topological polar surface area (TPSA) is 0 Å². The second-order valence-corrected chi connectivity index (χ2v) is 5.75. The molecular formula is C13H20. The number of allylic oxidation sites excluding steroid dienone is 2. The van der Waals surface area contributed by atoms with Crippen LogP contribution in [-0.2, 0) is 0 Å². The van der Waals surface area contributed by atoms with Gasteiger partial charge in [0.2, 0.25) is 0 Å². The van der Waals surface area contributed by atoms with Crippen molar-refractivity contribution in [2.45, 2.75) is 45.4 Å². The van der Waals surface area contributed by atoms with Crippen molar-refractivity contribution in [2.24, 2.45) is 23.2 Å². The summed E-state index contributed by atoms with van der Waals surface area (Å²) in [6.45, 7) is 2.55. The van der Waals surface area contributed by atoms with E-state index < -0.39 is 0 Å². The second-order valence-electron chi connectivity index (χ2n) is 5.75. The van der Waals surface area contributed by atoms with Gasteiger partial charge in [0.25, 0.3) is 0 Å². The summed E-state index contributed by atoms with van der Waals surface area (Å²) in [6.07, 6.45) is 14.0. The monoisotopic (exact) mass is 176 g/mol. The van der Waals surface area contributed by atoms with E-state index in [1.807, 2.05) is 0 Å². The number of fused-ring (bicyclic) bond motifs is 2. The summed E-state index contributed by atoms with van der Waals surface area (Å²) in [7, 11) is 0. The average molecular weight is 176 g/mol. The molecule has 0 aliphatic heterocycles. The first-order chi connectivity index (χ1) is 6.28. The molecule has 0 radical (unpaired) electrons. The third kappa shape index (κ3) is 1.11. The normalized spacial score (nSPS) is 46.1. The Morgan fingerprint density at radius 2 is 1.85 bits per heavy atom. The zero-order valence-corrected chi connectivity index (χ0v) is 8.63. The smallest absolute Gasteiger partial charge is 0.0194 e. The highest BCUT2D eigenvalue weighted by molar-refractivity contribution is 5.13. The van der Waals surface area contributed by atoms with Gasteiger partial charge in [-0.1, -0.05) is 31.9 Å². The van der Waals surface area contributed by atoms with Crippen LogP contribution in [0.15, 0.2) is 12.2 Å². The Kier molecular flexibility index (Phi) is 1.63. The number of hydrogen-bond acceptors (Lipinski definition) is 0. The van der Waals surface area contributed by atoms with Gasteiger partial charge in [-0.25, -0.2) is 0 Å². The van der Waals surface area contributed by atoms with Gasteiger partial charge in [0, 0.05) is 0 Å². The highest BCUT2D eigenvalue weighted by atomic mass is 14.5. The fourth-order valence-corrected chi connectivity index (χ4v) is 4.14. The fraction of sp³-hybridized carbons (Fsp3) is 0.846. The Morgan fingerprint density at radius 1 is 1.08 bits per heavy atom. The molecule has 0 amide bonds. The molecule has 13 heavy (non-hydrogen) atoms. The van der Waals surface area contributed by atoms with Gasteiger partial charge < -0.3 is 0 Å². The molecule has 3 atom stereocenters. The summed E-state index contributed by atoms with van der Waals surface area (Å²) in [5.74, 6) is 2.98. The molecule has 0 spiro atoms. The van der Waals surface area contributed by atoms with Crippen molar-refractivity contribution in [2.75, 3.05) is 0 Å². The average Bonchev–Trinajstić information content (AvgIpc) is 2.77. The summed E-state index contributed by atoms with van der Waals surface area (Å²) in [4.78, 5) is 0. The summed E-state index contributed by atoms with van der Waals surface area (Å²) >= 11 is 0. The van der Waals surface area contributed by atoms with Crippen LogP contribution in [0.1, 0.15) is 45.4 Å². The molecule has 0 aromatic heterocycles. The van der Waals surface area contributed by atoms with E-state index in [9.17, 15) is 0 Å². The van der Waals surface area contributed by atoms with Crippen LogP contribution >= 0.6 is 0 Å². The molecule has 0 saturated heterocycles. The van der Waals surface area contributed by atoms with Gasteiger partial charge in [-0.3, -0.25) is 0 Å². The van der Waals surface area contributed by atoms with Gasteiger partial charge in [-0.15, -0.1) is 0 Å². The van der Waals surface area contributed by atoms with E-state index in [4.69, 9.17) is 0 Å². The fourth-order valence-electron chi connectivity index (χ4n) is 4.14. The summed E-state index contributed by atoms with van der Waals surface area (Å²) in [5.41, 5.74) is 0.726. The maximum atomic E-state index is 2.55. The Balaban J connectivity index is 1.82. The number of hydrogen-bond donors (Lipinski definition) is 0. The summed E-state index contributed by atoms with van der Waals surface area (Å²) in [6, 6.07) is 0. The molecule has 0 nitrogen and oxygen atoms in total. The van der Waals surface area contributed by atoms with Gasteiger partial charge in [0.05, 0.1) is 0 Å². The van der Waals surface area contributed by atoms with Crippen molar-refractivity contribution in [1.82, 2.24) is 0 Å². The molecule has 3 rings (SSSR count). The molecule has 3 unspecified atom stereocenters. The van der Waals surface area contributed by atoms with E-state index in [1.165, 1.54) is 38.5 Å². The van der Waals surface area contributed by atoms with Crippen molar-refractivity contribution >= 4 is 0 Å². The maximum absolute atomic E-state index is 2.55. The lowest BCUT2D eigenvalue weighted by Gasteiger charge is -2.35. The van der Waals surface area contributed by atoms with Crippen LogP contribution in [-0.4, -0.2) is 0 Å². The predicted octanol–water partition coefficient (Wildman–Crippen LogP) is 3.78. The minimum Gasteiger partial charge on any atom is -0.0851 e. The van der Waals surface area contributed by atoms with Gasteiger partial charge in [-0.2, -0.15) is 0 Å². The Bertz CT molecular complexity index is 232. The zero-order chi connectivity index (χ0) is 8.89. The molecule has 0 aromatic rings. The van der Waals surface area contributed by atoms with Crippen molar-refractivity contribution in [3.05, 3.63) is 12.2 Å². The molecule has 72 valence electrons. The lowest BCUT2D eigenvalue weighted by molar-refractivity contribution is 0.163. The third-order valence-corrected chi connectivity index (χ3v) is 4.92. The SMILES string of the molecule is CC1(C2CC3C=CC2C3)CCCC1. The molecule has 0 N–H and O–H groups in total. The zero-order valence-electron chi connectivity index (χ0n) is 8.63. The number of rotatable bonds is 1. The van der Waals surface area contributed by atoms with Crippen LogP contribution in [0.2, 0.25) is 0 Å². The lowest BCUT2D eigenvalue weighted by atomic mass is 9.70. The van der Waals surface area contributed by atoms with Gasteiger partial charge in [-0.05, 0) is 48.9 Å². The van der Waals surface area contributed by atoms with E-state index in [2.05, 4.69) is 19.1 Å². The van der Waals surface area contributed by atoms with E-state index in [1.54, 1.807) is 0 Å². The first kappa shape index (κ1) is 8.08.